The molecule has 0 saturated heterocycles. The summed E-state index contributed by atoms with van der Waals surface area (Å²) in [6.07, 6.45) is 2.68. The van der Waals surface area contributed by atoms with Crippen LogP contribution in [0, 0.1) is 6.92 Å². The molecule has 3 rings (SSSR count). The molecule has 0 aliphatic heterocycles. The average molecular weight is 456 g/mol. The van der Waals surface area contributed by atoms with E-state index >= 15 is 0 Å². The summed E-state index contributed by atoms with van der Waals surface area (Å²) in [4.78, 5) is 29.5. The lowest BCUT2D eigenvalue weighted by molar-refractivity contribution is -0.141. The van der Waals surface area contributed by atoms with Crippen molar-refractivity contribution in [2.45, 2.75) is 51.7 Å². The van der Waals surface area contributed by atoms with Crippen LogP contribution in [0.1, 0.15) is 59.2 Å². The van der Waals surface area contributed by atoms with E-state index in [9.17, 15) is 22.8 Å². The van der Waals surface area contributed by atoms with Gasteiger partial charge < -0.3 is 4.74 Å². The van der Waals surface area contributed by atoms with Gasteiger partial charge in [0.2, 0.25) is 0 Å². The van der Waals surface area contributed by atoms with Gasteiger partial charge in [-0.05, 0) is 32.8 Å². The molecular formula is C20H23F3N4O3S. The van der Waals surface area contributed by atoms with Crippen LogP contribution in [0.2, 0.25) is 0 Å². The zero-order chi connectivity index (χ0) is 22.8. The number of ether oxygens (including phenoxy) is 1. The van der Waals surface area contributed by atoms with Gasteiger partial charge in [-0.3, -0.25) is 14.4 Å². The topological polar surface area (TPSA) is 77.3 Å². The number of hydrogen-bond acceptors (Lipinski definition) is 6. The van der Waals surface area contributed by atoms with Crippen LogP contribution in [0.4, 0.5) is 18.3 Å². The van der Waals surface area contributed by atoms with Crippen LogP contribution < -0.4 is 4.90 Å². The van der Waals surface area contributed by atoms with Crippen LogP contribution in [-0.4, -0.2) is 39.3 Å². The normalized spacial score (nSPS) is 15.0. The fraction of sp³-hybridized carbons (Fsp3) is 0.500. The van der Waals surface area contributed by atoms with Crippen molar-refractivity contribution in [3.63, 3.8) is 0 Å². The number of aryl methyl sites for hydroxylation is 1. The first-order valence-corrected chi connectivity index (χ1v) is 10.7. The predicted octanol–water partition coefficient (Wildman–Crippen LogP) is 4.37. The van der Waals surface area contributed by atoms with E-state index in [0.717, 1.165) is 24.1 Å². The molecule has 0 atom stereocenters. The summed E-state index contributed by atoms with van der Waals surface area (Å²) in [6.45, 7) is 3.28. The molecule has 2 aromatic heterocycles. The van der Waals surface area contributed by atoms with Gasteiger partial charge in [0.25, 0.3) is 5.91 Å². The lowest BCUT2D eigenvalue weighted by Crippen LogP contribution is -2.38. The maximum absolute atomic E-state index is 13.5. The van der Waals surface area contributed by atoms with Crippen molar-refractivity contribution in [3.05, 3.63) is 34.1 Å². The number of aromatic nitrogens is 3. The van der Waals surface area contributed by atoms with Gasteiger partial charge in [0.15, 0.2) is 10.8 Å². The summed E-state index contributed by atoms with van der Waals surface area (Å²) in [5.74, 6) is -1.59. The van der Waals surface area contributed by atoms with Gasteiger partial charge in [0.05, 0.1) is 12.8 Å². The summed E-state index contributed by atoms with van der Waals surface area (Å²) in [7, 11) is 1.77. The van der Waals surface area contributed by atoms with Crippen molar-refractivity contribution in [1.82, 2.24) is 14.8 Å². The summed E-state index contributed by atoms with van der Waals surface area (Å²) in [5, 5.41) is 3.95. The molecule has 1 aliphatic rings. The van der Waals surface area contributed by atoms with Gasteiger partial charge in [-0.1, -0.05) is 24.2 Å². The second-order valence-electron chi connectivity index (χ2n) is 7.18. The SMILES string of the molecule is CCOC(=O)c1sc(N(C(=O)C=Cc2cnn(C)c2C)C2CCCC2)nc1C(F)(F)F. The second kappa shape index (κ2) is 9.21. The molecule has 0 unspecified atom stereocenters. The van der Waals surface area contributed by atoms with Gasteiger partial charge in [0, 0.05) is 30.4 Å². The molecule has 7 nitrogen and oxygen atoms in total. The van der Waals surface area contributed by atoms with Crippen LogP contribution in [-0.2, 0) is 22.8 Å². The summed E-state index contributed by atoms with van der Waals surface area (Å²) >= 11 is 0.536. The Morgan fingerprint density at radius 2 is 2.03 bits per heavy atom. The zero-order valence-electron chi connectivity index (χ0n) is 17.4. The average Bonchev–Trinajstić information content (AvgIpc) is 3.43. The maximum atomic E-state index is 13.5. The van der Waals surface area contributed by atoms with Crippen molar-refractivity contribution in [1.29, 1.82) is 0 Å². The number of rotatable bonds is 6. The molecule has 0 aromatic carbocycles. The lowest BCUT2D eigenvalue weighted by Gasteiger charge is -2.25. The maximum Gasteiger partial charge on any atom is 0.435 e. The Hall–Kier alpha value is -2.69. The molecule has 0 N–H and O–H groups in total. The first-order chi connectivity index (χ1) is 14.6. The van der Waals surface area contributed by atoms with Crippen LogP contribution in [0.5, 0.6) is 0 Å². The monoisotopic (exact) mass is 456 g/mol. The fourth-order valence-electron chi connectivity index (χ4n) is 3.45. The third-order valence-corrected chi connectivity index (χ3v) is 6.19. The van der Waals surface area contributed by atoms with Crippen LogP contribution in [0.3, 0.4) is 0 Å². The minimum Gasteiger partial charge on any atom is -0.462 e. The molecule has 11 heteroatoms. The third kappa shape index (κ3) is 4.97. The standard InChI is InChI=1S/C20H23F3N4O3S/c1-4-30-18(29)16-17(20(21,22)23)25-19(31-16)27(14-7-5-6-8-14)15(28)10-9-13-11-24-26(3)12(13)2/h9-11,14H,4-8H2,1-3H3. The highest BCUT2D eigenvalue weighted by atomic mass is 32.1. The number of halogens is 3. The number of alkyl halides is 3. The number of esters is 1. The van der Waals surface area contributed by atoms with E-state index in [-0.39, 0.29) is 17.8 Å². The first kappa shape index (κ1) is 23.0. The molecule has 168 valence electrons. The Labute approximate surface area is 181 Å². The molecule has 1 aliphatic carbocycles. The number of carbonyl (C=O) groups excluding carboxylic acids is 2. The van der Waals surface area contributed by atoms with E-state index in [1.54, 1.807) is 24.0 Å². The highest BCUT2D eigenvalue weighted by Crippen LogP contribution is 2.40. The van der Waals surface area contributed by atoms with Crippen LogP contribution in [0.15, 0.2) is 12.3 Å². The van der Waals surface area contributed by atoms with Gasteiger partial charge in [-0.15, -0.1) is 0 Å². The minimum absolute atomic E-state index is 0.0676. The summed E-state index contributed by atoms with van der Waals surface area (Å²) in [6, 6.07) is -0.283. The number of anilines is 1. The smallest absolute Gasteiger partial charge is 0.435 e. The number of amides is 1. The molecule has 1 saturated carbocycles. The Kier molecular flexibility index (Phi) is 6.83. The van der Waals surface area contributed by atoms with Crippen molar-refractivity contribution in [2.24, 2.45) is 7.05 Å². The fourth-order valence-corrected chi connectivity index (χ4v) is 4.51. The van der Waals surface area contributed by atoms with E-state index in [1.165, 1.54) is 17.9 Å². The lowest BCUT2D eigenvalue weighted by atomic mass is 10.2. The van der Waals surface area contributed by atoms with Crippen molar-refractivity contribution < 1.29 is 27.5 Å². The third-order valence-electron chi connectivity index (χ3n) is 5.16. The Morgan fingerprint density at radius 1 is 1.35 bits per heavy atom. The van der Waals surface area contributed by atoms with Gasteiger partial charge in [-0.2, -0.15) is 18.3 Å². The van der Waals surface area contributed by atoms with E-state index in [4.69, 9.17) is 4.74 Å². The molecule has 2 aromatic rings. The Balaban J connectivity index is 1.99. The predicted molar refractivity (Wildman–Crippen MR) is 110 cm³/mol. The van der Waals surface area contributed by atoms with Crippen molar-refractivity contribution in [2.75, 3.05) is 11.5 Å². The zero-order valence-corrected chi connectivity index (χ0v) is 18.2. The number of nitrogens with zero attached hydrogens (tertiary/aromatic N) is 4. The van der Waals surface area contributed by atoms with Crippen LogP contribution in [0.25, 0.3) is 6.08 Å². The summed E-state index contributed by atoms with van der Waals surface area (Å²) < 4.78 is 47.0. The molecule has 0 radical (unpaired) electrons. The van der Waals surface area contributed by atoms with Gasteiger partial charge >= 0.3 is 12.1 Å². The molecule has 31 heavy (non-hydrogen) atoms. The quantitative estimate of drug-likeness (QED) is 0.477. The van der Waals surface area contributed by atoms with Gasteiger partial charge in [-0.25, -0.2) is 9.78 Å². The van der Waals surface area contributed by atoms with Crippen molar-refractivity contribution in [3.8, 4) is 0 Å². The Bertz CT molecular complexity index is 990. The number of hydrogen-bond donors (Lipinski definition) is 0. The second-order valence-corrected chi connectivity index (χ2v) is 8.16. The molecule has 1 amide bonds. The number of carbonyl (C=O) groups is 2. The molecule has 0 bridgehead atoms. The van der Waals surface area contributed by atoms with E-state index in [2.05, 4.69) is 10.1 Å². The molecular weight excluding hydrogens is 433 g/mol. The Morgan fingerprint density at radius 3 is 2.58 bits per heavy atom. The van der Waals surface area contributed by atoms with E-state index in [0.29, 0.717) is 24.2 Å². The highest BCUT2D eigenvalue weighted by molar-refractivity contribution is 7.17. The van der Waals surface area contributed by atoms with E-state index in [1.807, 2.05) is 6.92 Å². The molecule has 0 spiro atoms. The van der Waals surface area contributed by atoms with E-state index < -0.39 is 28.6 Å². The summed E-state index contributed by atoms with van der Waals surface area (Å²) in [5.41, 5.74) is 0.244. The minimum atomic E-state index is -4.84. The number of thiazole rings is 1. The van der Waals surface area contributed by atoms with Gasteiger partial charge in [0.1, 0.15) is 4.88 Å². The highest BCUT2D eigenvalue weighted by Gasteiger charge is 2.42. The first-order valence-electron chi connectivity index (χ1n) is 9.88. The molecule has 1 fully saturated rings. The van der Waals surface area contributed by atoms with Crippen LogP contribution >= 0.6 is 11.3 Å². The molecule has 2 heterocycles. The largest absolute Gasteiger partial charge is 0.462 e. The van der Waals surface area contributed by atoms with Crippen molar-refractivity contribution >= 4 is 34.4 Å².